The number of aromatic nitrogens is 3. The van der Waals surface area contributed by atoms with E-state index in [1.165, 1.54) is 0 Å². The van der Waals surface area contributed by atoms with Gasteiger partial charge in [-0.2, -0.15) is 5.26 Å². The molecule has 1 saturated carbocycles. The van der Waals surface area contributed by atoms with E-state index >= 15 is 0 Å². The van der Waals surface area contributed by atoms with Crippen molar-refractivity contribution >= 4 is 11.6 Å². The van der Waals surface area contributed by atoms with E-state index in [-0.39, 0.29) is 17.9 Å². The van der Waals surface area contributed by atoms with Gasteiger partial charge in [-0.25, -0.2) is 0 Å². The van der Waals surface area contributed by atoms with Crippen LogP contribution in [0.5, 0.6) is 0 Å². The van der Waals surface area contributed by atoms with Gasteiger partial charge in [-0.15, -0.1) is 10.2 Å². The van der Waals surface area contributed by atoms with Crippen LogP contribution >= 0.6 is 0 Å². The normalized spacial score (nSPS) is 22.7. The molecule has 0 radical (unpaired) electrons. The van der Waals surface area contributed by atoms with Gasteiger partial charge in [0.05, 0.1) is 23.5 Å². The van der Waals surface area contributed by atoms with Crippen LogP contribution in [0.2, 0.25) is 0 Å². The lowest BCUT2D eigenvalue weighted by Gasteiger charge is -2.35. The lowest BCUT2D eigenvalue weighted by Crippen LogP contribution is -2.44. The van der Waals surface area contributed by atoms with Gasteiger partial charge in [0.2, 0.25) is 17.7 Å². The summed E-state index contributed by atoms with van der Waals surface area (Å²) in [6, 6.07) is 3.94. The molecule has 5 rings (SSSR count). The largest absolute Gasteiger partial charge is 0.420 e. The van der Waals surface area contributed by atoms with Crippen LogP contribution in [0.25, 0.3) is 11.5 Å². The van der Waals surface area contributed by atoms with Crippen LogP contribution in [0.1, 0.15) is 50.3 Å². The Bertz CT molecular complexity index is 939. The maximum absolute atomic E-state index is 12.9. The molecule has 8 nitrogen and oxygen atoms in total. The van der Waals surface area contributed by atoms with Crippen molar-refractivity contribution in [1.29, 1.82) is 5.26 Å². The Morgan fingerprint density at radius 1 is 1.14 bits per heavy atom. The molecule has 1 atom stereocenters. The lowest BCUT2D eigenvalue weighted by molar-refractivity contribution is -0.136. The molecule has 4 heterocycles. The number of pyridine rings is 1. The first-order valence-corrected chi connectivity index (χ1v) is 10.5. The summed E-state index contributed by atoms with van der Waals surface area (Å²) in [6.07, 6.45) is 9.10. The molecule has 0 aromatic carbocycles. The van der Waals surface area contributed by atoms with Crippen molar-refractivity contribution in [2.75, 3.05) is 24.5 Å². The van der Waals surface area contributed by atoms with E-state index in [1.54, 1.807) is 11.1 Å². The van der Waals surface area contributed by atoms with Crippen LogP contribution < -0.4 is 4.90 Å². The van der Waals surface area contributed by atoms with E-state index in [0.717, 1.165) is 68.8 Å². The Labute approximate surface area is 169 Å². The first-order chi connectivity index (χ1) is 14.2. The Hall–Kier alpha value is -2.95. The van der Waals surface area contributed by atoms with Gasteiger partial charge in [0.15, 0.2) is 0 Å². The van der Waals surface area contributed by atoms with Crippen molar-refractivity contribution in [3.8, 4) is 17.5 Å². The second-order valence-electron chi connectivity index (χ2n) is 8.19. The molecule has 2 aromatic heterocycles. The number of hydrogen-bond donors (Lipinski definition) is 0. The second kappa shape index (κ2) is 7.47. The number of likely N-dealkylation sites (tertiary alicyclic amines) is 1. The highest BCUT2D eigenvalue weighted by Gasteiger charge is 2.35. The summed E-state index contributed by atoms with van der Waals surface area (Å²) in [5.41, 5.74) is 1.87. The van der Waals surface area contributed by atoms with Crippen LogP contribution in [0, 0.1) is 17.2 Å². The summed E-state index contributed by atoms with van der Waals surface area (Å²) < 4.78 is 5.91. The minimum absolute atomic E-state index is 0.00908. The molecule has 2 aromatic rings. The van der Waals surface area contributed by atoms with Crippen LogP contribution in [-0.2, 0) is 4.79 Å². The number of rotatable bonds is 4. The standard InChI is InChI=1S/C21H24N6O2/c22-12-16-2-1-9-27(16)21(28)15-6-10-26(11-7-15)18-13-23-8-5-17(18)20-25-24-19(29-20)14-3-4-14/h5,8,13-16H,1-4,6-7,9-11H2/t16-/m1/s1. The van der Waals surface area contributed by atoms with Crippen molar-refractivity contribution in [2.24, 2.45) is 5.92 Å². The minimum Gasteiger partial charge on any atom is -0.420 e. The van der Waals surface area contributed by atoms with Gasteiger partial charge in [-0.1, -0.05) is 0 Å². The quantitative estimate of drug-likeness (QED) is 0.789. The molecule has 0 spiro atoms. The molecule has 2 aliphatic heterocycles. The average molecular weight is 392 g/mol. The summed E-state index contributed by atoms with van der Waals surface area (Å²) in [5.74, 6) is 1.82. The molecule has 150 valence electrons. The molecule has 3 fully saturated rings. The molecule has 1 aliphatic carbocycles. The molecule has 0 unspecified atom stereocenters. The lowest BCUT2D eigenvalue weighted by atomic mass is 9.94. The highest BCUT2D eigenvalue weighted by molar-refractivity contribution is 5.80. The zero-order valence-electron chi connectivity index (χ0n) is 16.3. The van der Waals surface area contributed by atoms with E-state index < -0.39 is 0 Å². The summed E-state index contributed by atoms with van der Waals surface area (Å²) >= 11 is 0. The van der Waals surface area contributed by atoms with Gasteiger partial charge in [-0.05, 0) is 44.6 Å². The highest BCUT2D eigenvalue weighted by Crippen LogP contribution is 2.41. The van der Waals surface area contributed by atoms with E-state index in [9.17, 15) is 10.1 Å². The van der Waals surface area contributed by atoms with Crippen molar-refractivity contribution < 1.29 is 9.21 Å². The molecular formula is C21H24N6O2. The van der Waals surface area contributed by atoms with Gasteiger partial charge in [0.25, 0.3) is 0 Å². The fourth-order valence-electron chi connectivity index (χ4n) is 4.42. The van der Waals surface area contributed by atoms with Crippen molar-refractivity contribution in [3.05, 3.63) is 24.4 Å². The molecule has 3 aliphatic rings. The second-order valence-corrected chi connectivity index (χ2v) is 8.19. The fourth-order valence-corrected chi connectivity index (χ4v) is 4.42. The van der Waals surface area contributed by atoms with Crippen molar-refractivity contribution in [2.45, 2.75) is 50.5 Å². The molecular weight excluding hydrogens is 368 g/mol. The number of carbonyl (C=O) groups excluding carboxylic acids is 1. The van der Waals surface area contributed by atoms with Crippen LogP contribution in [0.15, 0.2) is 22.9 Å². The van der Waals surface area contributed by atoms with Gasteiger partial charge in [0.1, 0.15) is 6.04 Å². The number of amides is 1. The summed E-state index contributed by atoms with van der Waals surface area (Å²) in [4.78, 5) is 21.2. The van der Waals surface area contributed by atoms with E-state index in [4.69, 9.17) is 4.42 Å². The molecule has 29 heavy (non-hydrogen) atoms. The number of nitrogens with zero attached hydrogens (tertiary/aromatic N) is 6. The number of anilines is 1. The zero-order chi connectivity index (χ0) is 19.8. The predicted octanol–water partition coefficient (Wildman–Crippen LogP) is 2.74. The van der Waals surface area contributed by atoms with Crippen LogP contribution in [0.4, 0.5) is 5.69 Å². The van der Waals surface area contributed by atoms with E-state index in [2.05, 4.69) is 26.2 Å². The monoisotopic (exact) mass is 392 g/mol. The SMILES string of the molecule is N#C[C@H]1CCCN1C(=O)C1CCN(c2cnccc2-c2nnc(C3CC3)o2)CC1. The molecule has 0 bridgehead atoms. The first kappa shape index (κ1) is 18.1. The van der Waals surface area contributed by atoms with Crippen molar-refractivity contribution in [1.82, 2.24) is 20.1 Å². The summed E-state index contributed by atoms with van der Waals surface area (Å²) in [6.45, 7) is 2.25. The number of nitriles is 1. The summed E-state index contributed by atoms with van der Waals surface area (Å²) in [5, 5.41) is 17.7. The Balaban J connectivity index is 1.29. The third-order valence-corrected chi connectivity index (χ3v) is 6.27. The third-order valence-electron chi connectivity index (χ3n) is 6.27. The molecule has 2 saturated heterocycles. The maximum atomic E-state index is 12.9. The van der Waals surface area contributed by atoms with Crippen LogP contribution in [-0.4, -0.2) is 51.7 Å². The Morgan fingerprint density at radius 2 is 1.97 bits per heavy atom. The first-order valence-electron chi connectivity index (χ1n) is 10.5. The summed E-state index contributed by atoms with van der Waals surface area (Å²) in [7, 11) is 0. The molecule has 0 N–H and O–H groups in total. The average Bonchev–Trinajstić information content (AvgIpc) is 3.31. The third kappa shape index (κ3) is 3.46. The topological polar surface area (TPSA) is 99.2 Å². The molecule has 8 heteroatoms. The van der Waals surface area contributed by atoms with Crippen LogP contribution in [0.3, 0.4) is 0 Å². The smallest absolute Gasteiger partial charge is 0.249 e. The van der Waals surface area contributed by atoms with Gasteiger partial charge >= 0.3 is 0 Å². The Kier molecular flexibility index (Phi) is 4.66. The predicted molar refractivity (Wildman–Crippen MR) is 105 cm³/mol. The zero-order valence-corrected chi connectivity index (χ0v) is 16.3. The highest BCUT2D eigenvalue weighted by atomic mass is 16.4. The Morgan fingerprint density at radius 3 is 2.72 bits per heavy atom. The fraction of sp³-hybridized carbons (Fsp3) is 0.571. The number of carbonyl (C=O) groups is 1. The molecule has 1 amide bonds. The van der Waals surface area contributed by atoms with E-state index in [1.807, 2.05) is 12.3 Å². The number of piperidine rings is 1. The number of hydrogen-bond acceptors (Lipinski definition) is 7. The van der Waals surface area contributed by atoms with Gasteiger partial charge in [0, 0.05) is 37.7 Å². The van der Waals surface area contributed by atoms with Crippen molar-refractivity contribution in [3.63, 3.8) is 0 Å². The van der Waals surface area contributed by atoms with Gasteiger partial charge < -0.3 is 14.2 Å². The maximum Gasteiger partial charge on any atom is 0.249 e. The minimum atomic E-state index is -0.247. The van der Waals surface area contributed by atoms with Gasteiger partial charge in [-0.3, -0.25) is 9.78 Å². The van der Waals surface area contributed by atoms with E-state index in [0.29, 0.717) is 18.4 Å².